The Hall–Kier alpha value is -1.07. The number of anilines is 1. The summed E-state index contributed by atoms with van der Waals surface area (Å²) < 4.78 is 26.6. The van der Waals surface area contributed by atoms with E-state index in [1.807, 2.05) is 24.3 Å². The topological polar surface area (TPSA) is 49.4 Å². The highest BCUT2D eigenvalue weighted by Crippen LogP contribution is 2.36. The number of nitrogens with one attached hydrogen (secondary N) is 1. The maximum Gasteiger partial charge on any atom is 0.240 e. The molecule has 0 fully saturated rings. The predicted molar refractivity (Wildman–Crippen MR) is 88.1 cm³/mol. The minimum atomic E-state index is -3.37. The summed E-state index contributed by atoms with van der Waals surface area (Å²) >= 11 is 0. The third-order valence-electron chi connectivity index (χ3n) is 3.95. The first-order chi connectivity index (χ1) is 9.79. The van der Waals surface area contributed by atoms with E-state index in [0.29, 0.717) is 6.54 Å². The lowest BCUT2D eigenvalue weighted by atomic mass is 10.0. The van der Waals surface area contributed by atoms with Gasteiger partial charge >= 0.3 is 0 Å². The Labute approximate surface area is 128 Å². The third-order valence-corrected chi connectivity index (χ3v) is 6.46. The molecule has 1 atom stereocenters. The van der Waals surface area contributed by atoms with Crippen LogP contribution in [0.2, 0.25) is 0 Å². The van der Waals surface area contributed by atoms with Crippen LogP contribution in [0.4, 0.5) is 5.69 Å². The quantitative estimate of drug-likeness (QED) is 0.933. The second-order valence-corrected chi connectivity index (χ2v) is 9.12. The zero-order valence-corrected chi connectivity index (χ0v) is 14.2. The average Bonchev–Trinajstić information content (AvgIpc) is 2.58. The Bertz CT molecular complexity index is 591. The minimum absolute atomic E-state index is 0.228. The SMILES string of the molecule is CCNC1CCCN(S(=O)(=O)C(C)(C)C)c2ccccc21. The Morgan fingerprint density at radius 3 is 2.57 bits per heavy atom. The molecule has 0 saturated heterocycles. The Balaban J connectivity index is 2.52. The van der Waals surface area contributed by atoms with Crippen LogP contribution in [-0.4, -0.2) is 26.3 Å². The molecule has 1 aromatic rings. The van der Waals surface area contributed by atoms with Gasteiger partial charge in [0.15, 0.2) is 0 Å². The molecule has 5 heteroatoms. The lowest BCUT2D eigenvalue weighted by molar-refractivity contribution is 0.511. The number of sulfonamides is 1. The van der Waals surface area contributed by atoms with Gasteiger partial charge in [0.2, 0.25) is 10.0 Å². The number of para-hydroxylation sites is 1. The van der Waals surface area contributed by atoms with Gasteiger partial charge in [-0.1, -0.05) is 25.1 Å². The van der Waals surface area contributed by atoms with E-state index in [2.05, 4.69) is 12.2 Å². The summed E-state index contributed by atoms with van der Waals surface area (Å²) in [7, 11) is -3.37. The van der Waals surface area contributed by atoms with Gasteiger partial charge in [-0.15, -0.1) is 0 Å². The number of rotatable bonds is 3. The zero-order valence-electron chi connectivity index (χ0n) is 13.4. The predicted octanol–water partition coefficient (Wildman–Crippen LogP) is 3.07. The molecule has 0 aliphatic carbocycles. The van der Waals surface area contributed by atoms with E-state index in [9.17, 15) is 8.42 Å². The van der Waals surface area contributed by atoms with Crippen molar-refractivity contribution in [2.45, 2.75) is 51.3 Å². The molecule has 2 rings (SSSR count). The minimum Gasteiger partial charge on any atom is -0.310 e. The van der Waals surface area contributed by atoms with Crippen LogP contribution >= 0.6 is 0 Å². The van der Waals surface area contributed by atoms with E-state index in [4.69, 9.17) is 0 Å². The van der Waals surface area contributed by atoms with Crippen molar-refractivity contribution >= 4 is 15.7 Å². The molecule has 0 saturated carbocycles. The molecule has 1 aliphatic heterocycles. The van der Waals surface area contributed by atoms with E-state index in [-0.39, 0.29) is 6.04 Å². The van der Waals surface area contributed by atoms with Crippen LogP contribution < -0.4 is 9.62 Å². The summed E-state index contributed by atoms with van der Waals surface area (Å²) in [6, 6.07) is 8.09. The molecule has 1 N–H and O–H groups in total. The summed E-state index contributed by atoms with van der Waals surface area (Å²) in [6.45, 7) is 8.80. The molecule has 1 unspecified atom stereocenters. The van der Waals surface area contributed by atoms with Gasteiger partial charge in [-0.25, -0.2) is 8.42 Å². The summed E-state index contributed by atoms with van der Waals surface area (Å²) in [5.74, 6) is 0. The molecule has 0 aromatic heterocycles. The Morgan fingerprint density at radius 1 is 1.29 bits per heavy atom. The summed E-state index contributed by atoms with van der Waals surface area (Å²) in [4.78, 5) is 0. The number of hydrogen-bond donors (Lipinski definition) is 1. The van der Waals surface area contributed by atoms with Crippen molar-refractivity contribution in [2.75, 3.05) is 17.4 Å². The monoisotopic (exact) mass is 310 g/mol. The Morgan fingerprint density at radius 2 is 1.95 bits per heavy atom. The van der Waals surface area contributed by atoms with Gasteiger partial charge in [0.25, 0.3) is 0 Å². The fraction of sp³-hybridized carbons (Fsp3) is 0.625. The standard InChI is InChI=1S/C16H26N2O2S/c1-5-17-14-10-8-12-18(21(19,20)16(2,3)4)15-11-7-6-9-13(14)15/h6-7,9,11,14,17H,5,8,10,12H2,1-4H3. The van der Waals surface area contributed by atoms with Crippen LogP contribution in [0.15, 0.2) is 24.3 Å². The van der Waals surface area contributed by atoms with Gasteiger partial charge in [0.1, 0.15) is 0 Å². The van der Waals surface area contributed by atoms with Crippen LogP contribution in [0.5, 0.6) is 0 Å². The third kappa shape index (κ3) is 3.09. The van der Waals surface area contributed by atoms with Crippen molar-refractivity contribution in [3.05, 3.63) is 29.8 Å². The first kappa shape index (κ1) is 16.3. The van der Waals surface area contributed by atoms with E-state index < -0.39 is 14.8 Å². The molecule has 0 radical (unpaired) electrons. The lowest BCUT2D eigenvalue weighted by Crippen LogP contribution is -2.43. The summed E-state index contributed by atoms with van der Waals surface area (Å²) in [5, 5.41) is 3.47. The van der Waals surface area contributed by atoms with Gasteiger partial charge in [-0.2, -0.15) is 0 Å². The molecule has 21 heavy (non-hydrogen) atoms. The van der Waals surface area contributed by atoms with Crippen LogP contribution in [-0.2, 0) is 10.0 Å². The highest BCUT2D eigenvalue weighted by Gasteiger charge is 2.37. The fourth-order valence-corrected chi connectivity index (χ4v) is 4.22. The Kier molecular flexibility index (Phi) is 4.63. The van der Waals surface area contributed by atoms with Gasteiger partial charge in [0.05, 0.1) is 10.4 Å². The first-order valence-electron chi connectivity index (χ1n) is 7.63. The summed E-state index contributed by atoms with van der Waals surface area (Å²) in [5.41, 5.74) is 1.92. The second-order valence-electron chi connectivity index (χ2n) is 6.50. The van der Waals surface area contributed by atoms with E-state index in [1.54, 1.807) is 25.1 Å². The van der Waals surface area contributed by atoms with Crippen molar-refractivity contribution in [1.82, 2.24) is 5.32 Å². The number of nitrogens with zero attached hydrogens (tertiary/aromatic N) is 1. The van der Waals surface area contributed by atoms with E-state index in [1.165, 1.54) is 0 Å². The van der Waals surface area contributed by atoms with Crippen LogP contribution in [0.1, 0.15) is 52.1 Å². The normalized spacial score (nSPS) is 20.0. The summed E-state index contributed by atoms with van der Waals surface area (Å²) in [6.07, 6.45) is 1.82. The maximum atomic E-state index is 12.9. The molecule has 118 valence electrons. The number of fused-ring (bicyclic) bond motifs is 1. The highest BCUT2D eigenvalue weighted by atomic mass is 32.2. The number of benzene rings is 1. The number of hydrogen-bond acceptors (Lipinski definition) is 3. The van der Waals surface area contributed by atoms with Gasteiger partial charge in [-0.05, 0) is 51.8 Å². The lowest BCUT2D eigenvalue weighted by Gasteiger charge is -2.32. The van der Waals surface area contributed by atoms with E-state index >= 15 is 0 Å². The van der Waals surface area contributed by atoms with Crippen LogP contribution in [0, 0.1) is 0 Å². The zero-order chi connectivity index (χ0) is 15.7. The van der Waals surface area contributed by atoms with Crippen molar-refractivity contribution < 1.29 is 8.42 Å². The molecule has 1 aromatic carbocycles. The van der Waals surface area contributed by atoms with Crippen LogP contribution in [0.25, 0.3) is 0 Å². The molecule has 4 nitrogen and oxygen atoms in total. The largest absolute Gasteiger partial charge is 0.310 e. The van der Waals surface area contributed by atoms with Crippen molar-refractivity contribution in [3.8, 4) is 0 Å². The van der Waals surface area contributed by atoms with Gasteiger partial charge in [0, 0.05) is 12.6 Å². The molecule has 0 spiro atoms. The maximum absolute atomic E-state index is 12.9. The molecule has 0 bridgehead atoms. The van der Waals surface area contributed by atoms with E-state index in [0.717, 1.165) is 30.6 Å². The van der Waals surface area contributed by atoms with Crippen molar-refractivity contribution in [1.29, 1.82) is 0 Å². The van der Waals surface area contributed by atoms with Crippen LogP contribution in [0.3, 0.4) is 0 Å². The average molecular weight is 310 g/mol. The molecule has 1 aliphatic rings. The van der Waals surface area contributed by atoms with Gasteiger partial charge in [-0.3, -0.25) is 4.31 Å². The first-order valence-corrected chi connectivity index (χ1v) is 9.07. The highest BCUT2D eigenvalue weighted by molar-refractivity contribution is 7.94. The van der Waals surface area contributed by atoms with Crippen molar-refractivity contribution in [2.24, 2.45) is 0 Å². The van der Waals surface area contributed by atoms with Crippen molar-refractivity contribution in [3.63, 3.8) is 0 Å². The molecule has 0 amide bonds. The molecular weight excluding hydrogens is 284 g/mol. The molecule has 1 heterocycles. The smallest absolute Gasteiger partial charge is 0.240 e. The molecular formula is C16H26N2O2S. The van der Waals surface area contributed by atoms with Gasteiger partial charge < -0.3 is 5.32 Å². The fourth-order valence-electron chi connectivity index (χ4n) is 2.76. The second kappa shape index (κ2) is 5.97.